The van der Waals surface area contributed by atoms with Gasteiger partial charge < -0.3 is 4.90 Å². The molecule has 0 saturated carbocycles. The lowest BCUT2D eigenvalue weighted by atomic mass is 9.89. The molecule has 3 nitrogen and oxygen atoms in total. The van der Waals surface area contributed by atoms with Gasteiger partial charge in [-0.1, -0.05) is 0 Å². The predicted molar refractivity (Wildman–Crippen MR) is 73.2 cm³/mol. The molecule has 0 N–H and O–H groups in total. The summed E-state index contributed by atoms with van der Waals surface area (Å²) in [5.41, 5.74) is 0.941. The summed E-state index contributed by atoms with van der Waals surface area (Å²) in [6, 6.07) is 0. The van der Waals surface area contributed by atoms with E-state index in [4.69, 9.17) is 0 Å². The molecule has 2 fully saturated rings. The van der Waals surface area contributed by atoms with Gasteiger partial charge in [-0.05, 0) is 25.3 Å². The van der Waals surface area contributed by atoms with Crippen LogP contribution in [-0.4, -0.2) is 45.2 Å². The van der Waals surface area contributed by atoms with Crippen LogP contribution in [0, 0.1) is 5.92 Å². The van der Waals surface area contributed by atoms with Crippen LogP contribution in [0.25, 0.3) is 0 Å². The quantitative estimate of drug-likeness (QED) is 0.794. The third kappa shape index (κ3) is 3.28. The summed E-state index contributed by atoms with van der Waals surface area (Å²) in [7, 11) is 0. The number of halogens is 3. The summed E-state index contributed by atoms with van der Waals surface area (Å²) in [5, 5.41) is 0.720. The van der Waals surface area contributed by atoms with Crippen LogP contribution < -0.4 is 0 Å². The number of hydrogen-bond acceptors (Lipinski definition) is 5. The lowest BCUT2D eigenvalue weighted by molar-refractivity contribution is -0.129. The Labute approximate surface area is 124 Å². The highest BCUT2D eigenvalue weighted by molar-refractivity contribution is 7.99. The minimum absolute atomic E-state index is 0.0308. The van der Waals surface area contributed by atoms with Crippen molar-refractivity contribution in [1.29, 1.82) is 0 Å². The highest BCUT2D eigenvalue weighted by Gasteiger charge is 2.39. The molecule has 0 radical (unpaired) electrons. The number of hydrogen-bond donors (Lipinski definition) is 0. The summed E-state index contributed by atoms with van der Waals surface area (Å²) in [5.74, 6) is 1.00. The van der Waals surface area contributed by atoms with Gasteiger partial charge in [0.2, 0.25) is 0 Å². The van der Waals surface area contributed by atoms with Gasteiger partial charge >= 0.3 is 6.18 Å². The van der Waals surface area contributed by atoms with Crippen molar-refractivity contribution < 1.29 is 13.2 Å². The second-order valence-electron chi connectivity index (χ2n) is 5.44. The zero-order valence-corrected chi connectivity index (χ0v) is 12.5. The molecule has 2 bridgehead atoms. The minimum atomic E-state index is -4.09. The molecule has 0 aromatic carbocycles. The van der Waals surface area contributed by atoms with Crippen LogP contribution >= 0.6 is 23.5 Å². The van der Waals surface area contributed by atoms with Crippen molar-refractivity contribution in [2.75, 3.05) is 25.4 Å². The molecular weight excluding hydrogens is 307 g/mol. The highest BCUT2D eigenvalue weighted by atomic mass is 32.2. The Kier molecular flexibility index (Phi) is 4.24. The molecule has 2 aliphatic heterocycles. The van der Waals surface area contributed by atoms with Crippen LogP contribution in [0.3, 0.4) is 0 Å². The van der Waals surface area contributed by atoms with Crippen molar-refractivity contribution in [3.05, 3.63) is 5.69 Å². The standard InChI is InChI=1S/C12H16F3N3S2/c13-12(14,15)3-5-19-11-10(16-20-17-11)9-7-18-4-1-2-8(9)6-18/h8-9H,1-7H2/t8-,9-/m0/s1. The summed E-state index contributed by atoms with van der Waals surface area (Å²) in [6.45, 7) is 3.23. The summed E-state index contributed by atoms with van der Waals surface area (Å²) >= 11 is 2.32. The van der Waals surface area contributed by atoms with Crippen LogP contribution in [0.15, 0.2) is 5.03 Å². The zero-order chi connectivity index (χ0) is 14.2. The van der Waals surface area contributed by atoms with Crippen LogP contribution in [0.1, 0.15) is 30.9 Å². The van der Waals surface area contributed by atoms with E-state index in [-0.39, 0.29) is 5.75 Å². The van der Waals surface area contributed by atoms with Crippen LogP contribution in [0.4, 0.5) is 13.2 Å². The highest BCUT2D eigenvalue weighted by Crippen LogP contribution is 2.41. The second kappa shape index (κ2) is 5.81. The molecule has 2 saturated heterocycles. The van der Waals surface area contributed by atoms with Gasteiger partial charge in [-0.25, -0.2) is 0 Å². The van der Waals surface area contributed by atoms with Gasteiger partial charge in [0.05, 0.1) is 23.8 Å². The zero-order valence-electron chi connectivity index (χ0n) is 10.9. The van der Waals surface area contributed by atoms with Gasteiger partial charge in [-0.3, -0.25) is 0 Å². The maximum atomic E-state index is 12.2. The van der Waals surface area contributed by atoms with Crippen molar-refractivity contribution >= 4 is 23.5 Å². The number of nitrogens with zero attached hydrogens (tertiary/aromatic N) is 3. The second-order valence-corrected chi connectivity index (χ2v) is 7.05. The van der Waals surface area contributed by atoms with Gasteiger partial charge in [0, 0.05) is 24.8 Å². The molecule has 1 aromatic heterocycles. The van der Waals surface area contributed by atoms with E-state index in [9.17, 15) is 13.2 Å². The Morgan fingerprint density at radius 3 is 2.90 bits per heavy atom. The van der Waals surface area contributed by atoms with E-state index in [2.05, 4.69) is 13.6 Å². The average Bonchev–Trinajstić information content (AvgIpc) is 2.93. The molecule has 2 aliphatic rings. The third-order valence-corrected chi connectivity index (χ3v) is 5.66. The van der Waals surface area contributed by atoms with Gasteiger partial charge in [0.1, 0.15) is 5.03 Å². The first kappa shape index (κ1) is 14.6. The van der Waals surface area contributed by atoms with Crippen LogP contribution in [0.2, 0.25) is 0 Å². The van der Waals surface area contributed by atoms with E-state index < -0.39 is 12.6 Å². The Balaban J connectivity index is 1.65. The Morgan fingerprint density at radius 1 is 1.30 bits per heavy atom. The first-order chi connectivity index (χ1) is 9.53. The number of alkyl halides is 3. The number of fused-ring (bicyclic) bond motifs is 2. The lowest BCUT2D eigenvalue weighted by Gasteiger charge is -2.21. The Hall–Kier alpha value is -0.340. The molecule has 3 atom stereocenters. The molecule has 1 unspecified atom stereocenters. The first-order valence-corrected chi connectivity index (χ1v) is 8.49. The van der Waals surface area contributed by atoms with Crippen molar-refractivity contribution in [2.45, 2.75) is 36.4 Å². The normalized spacial score (nSPS) is 29.9. The van der Waals surface area contributed by atoms with Gasteiger partial charge in [-0.15, -0.1) is 11.8 Å². The van der Waals surface area contributed by atoms with Crippen LogP contribution in [0.5, 0.6) is 0 Å². The third-order valence-electron chi connectivity index (χ3n) is 4.02. The van der Waals surface area contributed by atoms with E-state index in [1.807, 2.05) is 0 Å². The van der Waals surface area contributed by atoms with Gasteiger partial charge in [0.25, 0.3) is 0 Å². The topological polar surface area (TPSA) is 29.0 Å². The number of piperidine rings is 1. The summed E-state index contributed by atoms with van der Waals surface area (Å²) in [6.07, 6.45) is -2.44. The summed E-state index contributed by atoms with van der Waals surface area (Å²) in [4.78, 5) is 2.43. The van der Waals surface area contributed by atoms with Crippen molar-refractivity contribution in [3.63, 3.8) is 0 Å². The SMILES string of the molecule is FC(F)(F)CCSc1nsnc1[C@H]1CN2CCC[C@H]1C2. The van der Waals surface area contributed by atoms with E-state index in [0.717, 1.165) is 42.1 Å². The van der Waals surface area contributed by atoms with E-state index in [1.54, 1.807) is 0 Å². The predicted octanol–water partition coefficient (Wildman–Crippen LogP) is 3.39. The molecular formula is C12H16F3N3S2. The molecule has 20 heavy (non-hydrogen) atoms. The summed E-state index contributed by atoms with van der Waals surface area (Å²) < 4.78 is 45.2. The van der Waals surface area contributed by atoms with Crippen molar-refractivity contribution in [1.82, 2.24) is 13.6 Å². The van der Waals surface area contributed by atoms with Gasteiger partial charge in [-0.2, -0.15) is 21.9 Å². The fourth-order valence-corrected chi connectivity index (χ4v) is 4.86. The van der Waals surface area contributed by atoms with Crippen molar-refractivity contribution in [2.24, 2.45) is 5.92 Å². The molecule has 112 valence electrons. The number of rotatable bonds is 4. The molecule has 1 aromatic rings. The monoisotopic (exact) mass is 323 g/mol. The fourth-order valence-electron chi connectivity index (χ4n) is 3.10. The van der Waals surface area contributed by atoms with Crippen molar-refractivity contribution in [3.8, 4) is 0 Å². The fraction of sp³-hybridized carbons (Fsp3) is 0.833. The maximum Gasteiger partial charge on any atom is 0.389 e. The number of thioether (sulfide) groups is 1. The molecule has 0 aliphatic carbocycles. The van der Waals surface area contributed by atoms with Crippen LogP contribution in [-0.2, 0) is 0 Å². The largest absolute Gasteiger partial charge is 0.389 e. The average molecular weight is 323 g/mol. The Bertz CT molecular complexity index is 463. The molecule has 0 spiro atoms. The minimum Gasteiger partial charge on any atom is -0.302 e. The maximum absolute atomic E-state index is 12.2. The molecule has 8 heteroatoms. The molecule has 0 amide bonds. The number of aromatic nitrogens is 2. The first-order valence-electron chi connectivity index (χ1n) is 6.77. The van der Waals surface area contributed by atoms with E-state index in [1.165, 1.54) is 24.6 Å². The molecule has 3 rings (SSSR count). The van der Waals surface area contributed by atoms with E-state index >= 15 is 0 Å². The van der Waals surface area contributed by atoms with E-state index in [0.29, 0.717) is 11.8 Å². The Morgan fingerprint density at radius 2 is 2.15 bits per heavy atom. The smallest absolute Gasteiger partial charge is 0.302 e. The lowest BCUT2D eigenvalue weighted by Crippen LogP contribution is -2.25. The molecule has 3 heterocycles. The van der Waals surface area contributed by atoms with Gasteiger partial charge in [0.15, 0.2) is 0 Å².